The van der Waals surface area contributed by atoms with Gasteiger partial charge in [-0.1, -0.05) is 133 Å². The number of hydrogen-bond acceptors (Lipinski definition) is 2. The maximum Gasteiger partial charge on any atom is 0.147 e. The first-order valence-electron chi connectivity index (χ1n) is 15.7. The first-order valence-corrected chi connectivity index (χ1v) is 15.7. The first kappa shape index (κ1) is 25.2. The molecular weight excluding hydrogens is 560 g/mol. The van der Waals surface area contributed by atoms with Gasteiger partial charge in [-0.3, -0.25) is 0 Å². The second kappa shape index (κ2) is 9.69. The van der Waals surface area contributed by atoms with Crippen molar-refractivity contribution in [3.63, 3.8) is 0 Å². The first-order chi connectivity index (χ1) is 22.8. The van der Waals surface area contributed by atoms with E-state index < -0.39 is 0 Å². The molecule has 2 heteroatoms. The van der Waals surface area contributed by atoms with Crippen molar-refractivity contribution < 1.29 is 8.83 Å². The zero-order valence-corrected chi connectivity index (χ0v) is 24.8. The van der Waals surface area contributed by atoms with Gasteiger partial charge in [-0.2, -0.15) is 0 Å². The fourth-order valence-corrected chi connectivity index (χ4v) is 7.58. The highest BCUT2D eigenvalue weighted by atomic mass is 16.3. The van der Waals surface area contributed by atoms with E-state index in [2.05, 4.69) is 146 Å². The lowest BCUT2D eigenvalue weighted by Crippen LogP contribution is -1.93. The molecule has 0 aliphatic carbocycles. The van der Waals surface area contributed by atoms with E-state index in [-0.39, 0.29) is 0 Å². The van der Waals surface area contributed by atoms with Gasteiger partial charge in [-0.25, -0.2) is 0 Å². The number of fused-ring (bicyclic) bond motifs is 9. The smallest absolute Gasteiger partial charge is 0.147 e. The van der Waals surface area contributed by atoms with Crippen LogP contribution in [0.3, 0.4) is 0 Å². The summed E-state index contributed by atoms with van der Waals surface area (Å²) in [6.45, 7) is 0. The molecule has 0 spiro atoms. The van der Waals surface area contributed by atoms with Crippen molar-refractivity contribution in [3.8, 4) is 33.4 Å². The van der Waals surface area contributed by atoms with Crippen molar-refractivity contribution in [2.45, 2.75) is 0 Å². The van der Waals surface area contributed by atoms with Crippen LogP contribution in [0.25, 0.3) is 98.8 Å². The molecule has 0 aliphatic rings. The van der Waals surface area contributed by atoms with Crippen LogP contribution in [0.5, 0.6) is 0 Å². The van der Waals surface area contributed by atoms with Gasteiger partial charge < -0.3 is 8.83 Å². The van der Waals surface area contributed by atoms with Gasteiger partial charge in [0.15, 0.2) is 0 Å². The Labute approximate surface area is 264 Å². The molecule has 2 nitrogen and oxygen atoms in total. The predicted octanol–water partition coefficient (Wildman–Crippen LogP) is 12.8. The van der Waals surface area contributed by atoms with E-state index in [1.807, 2.05) is 12.1 Å². The van der Waals surface area contributed by atoms with E-state index in [0.717, 1.165) is 43.9 Å². The summed E-state index contributed by atoms with van der Waals surface area (Å²) in [5, 5.41) is 9.21. The summed E-state index contributed by atoms with van der Waals surface area (Å²) in [4.78, 5) is 0. The summed E-state index contributed by atoms with van der Waals surface area (Å²) < 4.78 is 12.9. The fraction of sp³-hybridized carbons (Fsp3) is 0. The minimum absolute atomic E-state index is 0.839. The van der Waals surface area contributed by atoms with E-state index in [1.54, 1.807) is 0 Å². The third kappa shape index (κ3) is 3.53. The molecule has 0 unspecified atom stereocenters. The highest BCUT2D eigenvalue weighted by Gasteiger charge is 2.23. The molecule has 0 bridgehead atoms. The summed E-state index contributed by atoms with van der Waals surface area (Å²) in [5.74, 6) is 0. The maximum atomic E-state index is 6.72. The number of benzene rings is 8. The van der Waals surface area contributed by atoms with Gasteiger partial charge in [-0.05, 0) is 79.2 Å². The number of rotatable bonds is 3. The van der Waals surface area contributed by atoms with Gasteiger partial charge in [0.1, 0.15) is 22.3 Å². The lowest BCUT2D eigenvalue weighted by molar-refractivity contribution is 0.663. The molecule has 0 atom stereocenters. The van der Waals surface area contributed by atoms with Gasteiger partial charge in [0.2, 0.25) is 0 Å². The average Bonchev–Trinajstić information content (AvgIpc) is 3.69. The van der Waals surface area contributed by atoms with E-state index in [4.69, 9.17) is 8.83 Å². The van der Waals surface area contributed by atoms with Crippen LogP contribution in [-0.2, 0) is 0 Å². The van der Waals surface area contributed by atoms with Crippen LogP contribution in [0.2, 0.25) is 0 Å². The largest absolute Gasteiger partial charge is 0.456 e. The van der Waals surface area contributed by atoms with E-state index in [1.165, 1.54) is 54.9 Å². The standard InChI is InChI=1S/C44H26O2/c1-2-13-27(14-3-1)28-15-4-5-16-29(28)40-30-17-6-8-19-32(30)41(33-20-9-7-18-31(33)40)35-22-12-24-38-42(35)36-25-26-39-43(44(36)46-38)34-21-10-11-23-37(34)45-39/h1-26H. The van der Waals surface area contributed by atoms with E-state index in [0.29, 0.717) is 0 Å². The Kier molecular flexibility index (Phi) is 5.31. The van der Waals surface area contributed by atoms with Gasteiger partial charge in [-0.15, -0.1) is 0 Å². The van der Waals surface area contributed by atoms with Crippen LogP contribution in [0.15, 0.2) is 167 Å². The van der Waals surface area contributed by atoms with Gasteiger partial charge in [0.25, 0.3) is 0 Å². The van der Waals surface area contributed by atoms with Crippen molar-refractivity contribution >= 4 is 65.4 Å². The Balaban J connectivity index is 1.34. The molecule has 10 aromatic rings. The maximum absolute atomic E-state index is 6.72. The van der Waals surface area contributed by atoms with Crippen molar-refractivity contribution in [2.24, 2.45) is 0 Å². The Morgan fingerprint density at radius 1 is 0.283 bits per heavy atom. The normalized spacial score (nSPS) is 11.9. The van der Waals surface area contributed by atoms with Gasteiger partial charge in [0, 0.05) is 16.2 Å². The van der Waals surface area contributed by atoms with Crippen LogP contribution in [0, 0.1) is 0 Å². The molecule has 0 aliphatic heterocycles. The minimum Gasteiger partial charge on any atom is -0.456 e. The molecule has 0 fully saturated rings. The lowest BCUT2D eigenvalue weighted by Gasteiger charge is -2.20. The SMILES string of the molecule is c1ccc(-c2ccccc2-c2c3ccccc3c(-c3cccc4oc5c(ccc6oc7ccccc7c65)c34)c3ccccc23)cc1. The average molecular weight is 587 g/mol. The molecule has 0 N–H and O–H groups in total. The van der Waals surface area contributed by atoms with Gasteiger partial charge >= 0.3 is 0 Å². The van der Waals surface area contributed by atoms with E-state index >= 15 is 0 Å². The zero-order chi connectivity index (χ0) is 30.2. The van der Waals surface area contributed by atoms with Crippen LogP contribution >= 0.6 is 0 Å². The van der Waals surface area contributed by atoms with Crippen LogP contribution in [0.4, 0.5) is 0 Å². The molecule has 2 heterocycles. The number of para-hydroxylation sites is 1. The van der Waals surface area contributed by atoms with Crippen LogP contribution < -0.4 is 0 Å². The minimum atomic E-state index is 0.839. The predicted molar refractivity (Wildman–Crippen MR) is 192 cm³/mol. The number of furan rings is 2. The van der Waals surface area contributed by atoms with E-state index in [9.17, 15) is 0 Å². The molecule has 0 radical (unpaired) electrons. The second-order valence-electron chi connectivity index (χ2n) is 11.9. The van der Waals surface area contributed by atoms with Crippen molar-refractivity contribution in [1.82, 2.24) is 0 Å². The summed E-state index contributed by atoms with van der Waals surface area (Å²) in [6, 6.07) is 56.1. The fourth-order valence-electron chi connectivity index (χ4n) is 7.58. The second-order valence-corrected chi connectivity index (χ2v) is 11.9. The third-order valence-corrected chi connectivity index (χ3v) is 9.49. The zero-order valence-electron chi connectivity index (χ0n) is 24.8. The molecular formula is C44H26O2. The molecule has 2 aromatic heterocycles. The Morgan fingerprint density at radius 2 is 0.804 bits per heavy atom. The monoisotopic (exact) mass is 586 g/mol. The summed E-state index contributed by atoms with van der Waals surface area (Å²) in [5.41, 5.74) is 10.8. The van der Waals surface area contributed by atoms with Crippen molar-refractivity contribution in [2.75, 3.05) is 0 Å². The topological polar surface area (TPSA) is 26.3 Å². The molecule has 10 rings (SSSR count). The highest BCUT2D eigenvalue weighted by Crippen LogP contribution is 2.49. The molecule has 0 amide bonds. The Bertz CT molecular complexity index is 2740. The molecule has 46 heavy (non-hydrogen) atoms. The summed E-state index contributed by atoms with van der Waals surface area (Å²) >= 11 is 0. The van der Waals surface area contributed by atoms with Crippen LogP contribution in [-0.4, -0.2) is 0 Å². The quantitative estimate of drug-likeness (QED) is 0.193. The molecule has 214 valence electrons. The Hall–Kier alpha value is -6.12. The molecule has 0 saturated heterocycles. The summed E-state index contributed by atoms with van der Waals surface area (Å²) in [7, 11) is 0. The van der Waals surface area contributed by atoms with Crippen LogP contribution in [0.1, 0.15) is 0 Å². The van der Waals surface area contributed by atoms with Crippen molar-refractivity contribution in [3.05, 3.63) is 158 Å². The van der Waals surface area contributed by atoms with Gasteiger partial charge in [0.05, 0.1) is 5.39 Å². The molecule has 0 saturated carbocycles. The Morgan fingerprint density at radius 3 is 1.52 bits per heavy atom. The third-order valence-electron chi connectivity index (χ3n) is 9.49. The summed E-state index contributed by atoms with van der Waals surface area (Å²) in [6.07, 6.45) is 0. The molecule has 8 aromatic carbocycles. The lowest BCUT2D eigenvalue weighted by atomic mass is 9.83. The number of hydrogen-bond donors (Lipinski definition) is 0. The van der Waals surface area contributed by atoms with Crippen molar-refractivity contribution in [1.29, 1.82) is 0 Å². The highest BCUT2D eigenvalue weighted by molar-refractivity contribution is 6.28.